The summed E-state index contributed by atoms with van der Waals surface area (Å²) in [5.74, 6) is -9.11. The molecular weight excluding hydrogens is 227 g/mol. The molecule has 0 aromatic heterocycles. The summed E-state index contributed by atoms with van der Waals surface area (Å²) < 4.78 is 63.9. The second-order valence-corrected chi connectivity index (χ2v) is 3.10. The van der Waals surface area contributed by atoms with Gasteiger partial charge in [-0.15, -0.1) is 0 Å². The first-order valence-corrected chi connectivity index (χ1v) is 3.82. The number of hydrogen-bond donors (Lipinski definition) is 0. The van der Waals surface area contributed by atoms with Gasteiger partial charge in [-0.25, -0.2) is 0 Å². The number of alkyl halides is 5. The van der Waals surface area contributed by atoms with Gasteiger partial charge >= 0.3 is 24.0 Å². The molecule has 1 fully saturated rings. The minimum atomic E-state index is -5.72. The van der Waals surface area contributed by atoms with E-state index in [1.807, 2.05) is 0 Å². The first-order valence-electron chi connectivity index (χ1n) is 3.82. The molecule has 1 aliphatic heterocycles. The summed E-state index contributed by atoms with van der Waals surface area (Å²) in [4.78, 5) is 21.1. The van der Waals surface area contributed by atoms with Gasteiger partial charge in [-0.2, -0.15) is 22.0 Å². The molecule has 0 radical (unpaired) electrons. The van der Waals surface area contributed by atoms with Crippen LogP contribution in [0.5, 0.6) is 0 Å². The van der Waals surface area contributed by atoms with E-state index in [9.17, 15) is 31.5 Å². The van der Waals surface area contributed by atoms with Crippen LogP contribution in [-0.4, -0.2) is 24.0 Å². The molecule has 86 valence electrons. The van der Waals surface area contributed by atoms with E-state index in [0.717, 1.165) is 0 Å². The Morgan fingerprint density at radius 2 is 1.73 bits per heavy atom. The Labute approximate surface area is 80.2 Å². The zero-order valence-corrected chi connectivity index (χ0v) is 7.11. The molecule has 1 unspecified atom stereocenters. The lowest BCUT2D eigenvalue weighted by Crippen LogP contribution is -2.38. The molecule has 0 amide bonds. The van der Waals surface area contributed by atoms with Crippen LogP contribution < -0.4 is 0 Å². The van der Waals surface area contributed by atoms with Gasteiger partial charge in [0.25, 0.3) is 0 Å². The third-order valence-corrected chi connectivity index (χ3v) is 1.88. The van der Waals surface area contributed by atoms with Crippen molar-refractivity contribution in [3.05, 3.63) is 0 Å². The second-order valence-electron chi connectivity index (χ2n) is 3.10. The van der Waals surface area contributed by atoms with Gasteiger partial charge in [0.2, 0.25) is 0 Å². The maximum Gasteiger partial charge on any atom is 0.453 e. The van der Waals surface area contributed by atoms with Crippen molar-refractivity contribution in [2.75, 3.05) is 0 Å². The molecule has 15 heavy (non-hydrogen) atoms. The molecular formula is C7H5F5O3. The number of cyclic esters (lactones) is 2. The Morgan fingerprint density at radius 3 is 2.07 bits per heavy atom. The summed E-state index contributed by atoms with van der Waals surface area (Å²) in [5.41, 5.74) is 0. The number of halogens is 5. The SMILES string of the molecule is O=C1CC(CC(F)(F)C(F)(F)F)C(=O)O1. The maximum atomic E-state index is 12.4. The Kier molecular flexibility index (Phi) is 2.71. The summed E-state index contributed by atoms with van der Waals surface area (Å²) in [6.45, 7) is 0. The molecule has 1 saturated heterocycles. The lowest BCUT2D eigenvalue weighted by atomic mass is 9.99. The fourth-order valence-electron chi connectivity index (χ4n) is 1.10. The first-order chi connectivity index (χ1) is 6.63. The van der Waals surface area contributed by atoms with Gasteiger partial charge in [0.1, 0.15) is 0 Å². The molecule has 0 bridgehead atoms. The highest BCUT2D eigenvalue weighted by Gasteiger charge is 2.59. The van der Waals surface area contributed by atoms with E-state index in [1.54, 1.807) is 0 Å². The highest BCUT2D eigenvalue weighted by Crippen LogP contribution is 2.41. The molecule has 0 aliphatic carbocycles. The van der Waals surface area contributed by atoms with E-state index in [4.69, 9.17) is 0 Å². The van der Waals surface area contributed by atoms with Crippen molar-refractivity contribution in [3.63, 3.8) is 0 Å². The molecule has 3 nitrogen and oxygen atoms in total. The van der Waals surface area contributed by atoms with Crippen molar-refractivity contribution < 1.29 is 36.3 Å². The van der Waals surface area contributed by atoms with E-state index < -0.39 is 42.8 Å². The van der Waals surface area contributed by atoms with Crippen LogP contribution in [0, 0.1) is 5.92 Å². The van der Waals surface area contributed by atoms with Crippen LogP contribution in [0.25, 0.3) is 0 Å². The van der Waals surface area contributed by atoms with E-state index in [1.165, 1.54) is 0 Å². The predicted molar refractivity (Wildman–Crippen MR) is 34.8 cm³/mol. The molecule has 0 aromatic rings. The summed E-state index contributed by atoms with van der Waals surface area (Å²) in [5, 5.41) is 0. The number of rotatable bonds is 2. The molecule has 1 aliphatic rings. The summed E-state index contributed by atoms with van der Waals surface area (Å²) in [6, 6.07) is 0. The molecule has 0 aromatic carbocycles. The summed E-state index contributed by atoms with van der Waals surface area (Å²) in [7, 11) is 0. The van der Waals surface area contributed by atoms with Gasteiger partial charge in [0.05, 0.1) is 12.3 Å². The Balaban J connectivity index is 2.70. The number of carbonyl (C=O) groups excluding carboxylic acids is 2. The van der Waals surface area contributed by atoms with Crippen LogP contribution in [0.2, 0.25) is 0 Å². The smallest absolute Gasteiger partial charge is 0.393 e. The molecule has 0 spiro atoms. The zero-order chi connectivity index (χ0) is 11.9. The normalized spacial score (nSPS) is 23.1. The van der Waals surface area contributed by atoms with Crippen LogP contribution in [0.1, 0.15) is 12.8 Å². The topological polar surface area (TPSA) is 43.4 Å². The minimum absolute atomic E-state index is 0.732. The van der Waals surface area contributed by atoms with Crippen molar-refractivity contribution in [1.82, 2.24) is 0 Å². The Morgan fingerprint density at radius 1 is 1.20 bits per heavy atom. The summed E-state index contributed by atoms with van der Waals surface area (Å²) in [6.07, 6.45) is -8.20. The van der Waals surface area contributed by atoms with Crippen molar-refractivity contribution in [2.24, 2.45) is 5.92 Å². The van der Waals surface area contributed by atoms with Gasteiger partial charge in [-0.1, -0.05) is 0 Å². The number of ether oxygens (including phenoxy) is 1. The Hall–Kier alpha value is -1.21. The molecule has 0 saturated carbocycles. The Bertz CT molecular complexity index is 295. The van der Waals surface area contributed by atoms with E-state index in [2.05, 4.69) is 4.74 Å². The zero-order valence-electron chi connectivity index (χ0n) is 7.11. The first kappa shape index (κ1) is 11.9. The van der Waals surface area contributed by atoms with E-state index >= 15 is 0 Å². The van der Waals surface area contributed by atoms with E-state index in [0.29, 0.717) is 0 Å². The average Bonchev–Trinajstić information content (AvgIpc) is 2.26. The quantitative estimate of drug-likeness (QED) is 0.413. The monoisotopic (exact) mass is 232 g/mol. The highest BCUT2D eigenvalue weighted by molar-refractivity contribution is 5.94. The van der Waals surface area contributed by atoms with Crippen LogP contribution in [0.3, 0.4) is 0 Å². The third kappa shape index (κ3) is 2.42. The molecule has 1 atom stereocenters. The lowest BCUT2D eigenvalue weighted by molar-refractivity contribution is -0.287. The molecule has 0 N–H and O–H groups in total. The number of hydrogen-bond acceptors (Lipinski definition) is 3. The van der Waals surface area contributed by atoms with Gasteiger partial charge in [0, 0.05) is 6.42 Å². The largest absolute Gasteiger partial charge is 0.453 e. The van der Waals surface area contributed by atoms with Gasteiger partial charge in [0.15, 0.2) is 0 Å². The van der Waals surface area contributed by atoms with Crippen LogP contribution in [0.4, 0.5) is 22.0 Å². The van der Waals surface area contributed by atoms with Crippen LogP contribution >= 0.6 is 0 Å². The predicted octanol–water partition coefficient (Wildman–Crippen LogP) is 1.66. The van der Waals surface area contributed by atoms with Crippen molar-refractivity contribution in [1.29, 1.82) is 0 Å². The van der Waals surface area contributed by atoms with E-state index in [-0.39, 0.29) is 0 Å². The lowest BCUT2D eigenvalue weighted by Gasteiger charge is -2.20. The maximum absolute atomic E-state index is 12.4. The third-order valence-electron chi connectivity index (χ3n) is 1.88. The standard InChI is InChI=1S/C7H5F5O3/c8-6(9,7(10,11)12)2-3-1-4(13)15-5(3)14/h3H,1-2H2. The van der Waals surface area contributed by atoms with Crippen molar-refractivity contribution in [3.8, 4) is 0 Å². The van der Waals surface area contributed by atoms with Gasteiger partial charge in [-0.05, 0) is 0 Å². The molecule has 8 heteroatoms. The van der Waals surface area contributed by atoms with Crippen molar-refractivity contribution in [2.45, 2.75) is 24.9 Å². The van der Waals surface area contributed by atoms with Gasteiger partial charge < -0.3 is 4.74 Å². The second kappa shape index (κ2) is 3.42. The fourth-order valence-corrected chi connectivity index (χ4v) is 1.10. The van der Waals surface area contributed by atoms with Crippen LogP contribution in [0.15, 0.2) is 0 Å². The average molecular weight is 232 g/mol. The number of esters is 2. The highest BCUT2D eigenvalue weighted by atomic mass is 19.4. The molecule has 1 rings (SSSR count). The fraction of sp³-hybridized carbons (Fsp3) is 0.714. The van der Waals surface area contributed by atoms with Crippen molar-refractivity contribution >= 4 is 11.9 Å². The minimum Gasteiger partial charge on any atom is -0.393 e. The number of carbonyl (C=O) groups is 2. The molecule has 1 heterocycles. The van der Waals surface area contributed by atoms with Gasteiger partial charge in [-0.3, -0.25) is 9.59 Å². The van der Waals surface area contributed by atoms with Crippen LogP contribution in [-0.2, 0) is 14.3 Å². The summed E-state index contributed by atoms with van der Waals surface area (Å²) >= 11 is 0.